The number of para-hydroxylation sites is 2. The van der Waals surface area contributed by atoms with Gasteiger partial charge in [0.05, 0.1) is 19.3 Å². The van der Waals surface area contributed by atoms with Crippen LogP contribution in [-0.4, -0.2) is 57.2 Å². The Balaban J connectivity index is 0.00000363. The maximum absolute atomic E-state index is 5.54. The summed E-state index contributed by atoms with van der Waals surface area (Å²) in [5, 5.41) is 7.03. The summed E-state index contributed by atoms with van der Waals surface area (Å²) in [6.45, 7) is 9.75. The predicted molar refractivity (Wildman–Crippen MR) is 145 cm³/mol. The van der Waals surface area contributed by atoms with Gasteiger partial charge in [0.1, 0.15) is 5.75 Å². The topological polar surface area (TPSA) is 52.1 Å². The van der Waals surface area contributed by atoms with Crippen molar-refractivity contribution in [3.8, 4) is 5.75 Å². The third-order valence-electron chi connectivity index (χ3n) is 5.70. The van der Waals surface area contributed by atoms with Crippen molar-refractivity contribution in [3.05, 3.63) is 59.7 Å². The van der Waals surface area contributed by atoms with Gasteiger partial charge in [-0.25, -0.2) is 4.99 Å². The van der Waals surface area contributed by atoms with Gasteiger partial charge in [-0.3, -0.25) is 0 Å². The highest BCUT2D eigenvalue weighted by Gasteiger charge is 2.25. The van der Waals surface area contributed by atoms with Crippen LogP contribution in [-0.2, 0) is 13.1 Å². The average Bonchev–Trinajstić information content (AvgIpc) is 3.26. The van der Waals surface area contributed by atoms with E-state index in [-0.39, 0.29) is 24.0 Å². The van der Waals surface area contributed by atoms with E-state index in [4.69, 9.17) is 9.73 Å². The Morgan fingerprint density at radius 3 is 2.69 bits per heavy atom. The highest BCUT2D eigenvalue weighted by molar-refractivity contribution is 14.0. The molecule has 1 heterocycles. The fraction of sp³-hybridized carbons (Fsp3) is 0.480. The molecule has 1 aliphatic rings. The first-order valence-electron chi connectivity index (χ1n) is 11.3. The maximum Gasteiger partial charge on any atom is 0.191 e. The minimum atomic E-state index is 0. The molecule has 1 fully saturated rings. The van der Waals surface area contributed by atoms with E-state index in [0.717, 1.165) is 56.5 Å². The van der Waals surface area contributed by atoms with Gasteiger partial charge in [0.25, 0.3) is 0 Å². The molecule has 3 rings (SSSR count). The van der Waals surface area contributed by atoms with E-state index in [1.165, 1.54) is 11.1 Å². The van der Waals surface area contributed by atoms with Crippen molar-refractivity contribution < 1.29 is 4.74 Å². The Hall–Kier alpha value is -2.00. The summed E-state index contributed by atoms with van der Waals surface area (Å²) in [6.07, 6.45) is 1.07. The molecule has 0 bridgehead atoms. The summed E-state index contributed by atoms with van der Waals surface area (Å²) >= 11 is 0. The lowest BCUT2D eigenvalue weighted by atomic mass is 10.1. The van der Waals surface area contributed by atoms with Crippen molar-refractivity contribution in [3.63, 3.8) is 0 Å². The first-order chi connectivity index (χ1) is 15.1. The monoisotopic (exact) mass is 551 g/mol. The summed E-state index contributed by atoms with van der Waals surface area (Å²) in [6, 6.07) is 17.3. The number of halogens is 1. The fourth-order valence-electron chi connectivity index (χ4n) is 3.92. The van der Waals surface area contributed by atoms with Crippen LogP contribution in [0.15, 0.2) is 53.5 Å². The molecule has 176 valence electrons. The van der Waals surface area contributed by atoms with Crippen molar-refractivity contribution in [2.75, 3.05) is 45.2 Å². The second kappa shape index (κ2) is 13.5. The Morgan fingerprint density at radius 2 is 1.94 bits per heavy atom. The molecule has 0 saturated carbocycles. The van der Waals surface area contributed by atoms with Crippen LogP contribution in [0, 0.1) is 0 Å². The Labute approximate surface area is 210 Å². The number of ether oxygens (including phenoxy) is 1. The Morgan fingerprint density at radius 1 is 1.16 bits per heavy atom. The van der Waals surface area contributed by atoms with Gasteiger partial charge in [-0.1, -0.05) is 43.3 Å². The summed E-state index contributed by atoms with van der Waals surface area (Å²) in [4.78, 5) is 9.55. The summed E-state index contributed by atoms with van der Waals surface area (Å²) in [7, 11) is 3.88. The molecule has 2 aromatic rings. The predicted octanol–water partition coefficient (Wildman–Crippen LogP) is 4.10. The van der Waals surface area contributed by atoms with Crippen LogP contribution in [0.3, 0.4) is 0 Å². The van der Waals surface area contributed by atoms with E-state index in [2.05, 4.69) is 77.7 Å². The van der Waals surface area contributed by atoms with E-state index in [0.29, 0.717) is 12.6 Å². The fourth-order valence-corrected chi connectivity index (χ4v) is 3.92. The molecule has 1 saturated heterocycles. The molecule has 0 aliphatic carbocycles. The van der Waals surface area contributed by atoms with E-state index >= 15 is 0 Å². The van der Waals surface area contributed by atoms with Crippen LogP contribution in [0.5, 0.6) is 5.75 Å². The second-order valence-electron chi connectivity index (χ2n) is 8.09. The molecule has 0 radical (unpaired) electrons. The number of nitrogens with zero attached hydrogens (tertiary/aromatic N) is 3. The number of methoxy groups -OCH3 is 1. The van der Waals surface area contributed by atoms with Crippen LogP contribution in [0.2, 0.25) is 0 Å². The lowest BCUT2D eigenvalue weighted by molar-refractivity contribution is 0.345. The summed E-state index contributed by atoms with van der Waals surface area (Å²) < 4.78 is 5.54. The van der Waals surface area contributed by atoms with Gasteiger partial charge >= 0.3 is 0 Å². The van der Waals surface area contributed by atoms with Gasteiger partial charge in [-0.15, -0.1) is 24.0 Å². The van der Waals surface area contributed by atoms with Gasteiger partial charge in [0, 0.05) is 32.2 Å². The molecular formula is C25H38IN5O. The smallest absolute Gasteiger partial charge is 0.191 e. The summed E-state index contributed by atoms with van der Waals surface area (Å²) in [5.74, 6) is 1.81. The number of nitrogens with one attached hydrogen (secondary N) is 2. The molecule has 2 N–H and O–H groups in total. The molecule has 0 amide bonds. The highest BCUT2D eigenvalue weighted by Crippen LogP contribution is 2.30. The molecule has 2 aromatic carbocycles. The lowest BCUT2D eigenvalue weighted by Gasteiger charge is -2.22. The molecule has 0 aromatic heterocycles. The zero-order valence-electron chi connectivity index (χ0n) is 19.8. The van der Waals surface area contributed by atoms with E-state index < -0.39 is 0 Å². The number of benzene rings is 2. The average molecular weight is 552 g/mol. The normalized spacial score (nSPS) is 16.1. The SMILES string of the molecule is CCNC(=NCc1cccc(CN(C)CC)c1)NC1CCN(c2ccccc2OC)C1.I. The first-order valence-corrected chi connectivity index (χ1v) is 11.3. The molecule has 0 spiro atoms. The minimum absolute atomic E-state index is 0. The third kappa shape index (κ3) is 7.55. The van der Waals surface area contributed by atoms with E-state index in [9.17, 15) is 0 Å². The first kappa shape index (κ1) is 26.3. The number of rotatable bonds is 9. The number of hydrogen-bond donors (Lipinski definition) is 2. The molecular weight excluding hydrogens is 513 g/mol. The summed E-state index contributed by atoms with van der Waals surface area (Å²) in [5.41, 5.74) is 3.73. The van der Waals surface area contributed by atoms with Gasteiger partial charge in [0.15, 0.2) is 5.96 Å². The largest absolute Gasteiger partial charge is 0.495 e. The molecule has 1 unspecified atom stereocenters. The van der Waals surface area contributed by atoms with Crippen molar-refractivity contribution in [2.45, 2.75) is 39.4 Å². The molecule has 7 heteroatoms. The van der Waals surface area contributed by atoms with Gasteiger partial charge in [0.2, 0.25) is 0 Å². The van der Waals surface area contributed by atoms with Gasteiger partial charge in [-0.05, 0) is 50.2 Å². The third-order valence-corrected chi connectivity index (χ3v) is 5.70. The van der Waals surface area contributed by atoms with Gasteiger partial charge < -0.3 is 25.2 Å². The number of hydrogen-bond acceptors (Lipinski definition) is 4. The zero-order chi connectivity index (χ0) is 22.1. The van der Waals surface area contributed by atoms with Crippen LogP contribution in [0.25, 0.3) is 0 Å². The Bertz CT molecular complexity index is 860. The highest BCUT2D eigenvalue weighted by atomic mass is 127. The molecule has 1 aliphatic heterocycles. The van der Waals surface area contributed by atoms with Crippen LogP contribution in [0.1, 0.15) is 31.4 Å². The van der Waals surface area contributed by atoms with Crippen molar-refractivity contribution in [2.24, 2.45) is 4.99 Å². The molecule has 1 atom stereocenters. The van der Waals surface area contributed by atoms with Crippen LogP contribution >= 0.6 is 24.0 Å². The lowest BCUT2D eigenvalue weighted by Crippen LogP contribution is -2.44. The van der Waals surface area contributed by atoms with Crippen molar-refractivity contribution >= 4 is 35.6 Å². The van der Waals surface area contributed by atoms with Crippen LogP contribution < -0.4 is 20.3 Å². The van der Waals surface area contributed by atoms with Crippen LogP contribution in [0.4, 0.5) is 5.69 Å². The van der Waals surface area contributed by atoms with Crippen molar-refractivity contribution in [1.82, 2.24) is 15.5 Å². The number of aliphatic imine (C=N–C) groups is 1. The zero-order valence-corrected chi connectivity index (χ0v) is 22.1. The van der Waals surface area contributed by atoms with Crippen molar-refractivity contribution in [1.29, 1.82) is 0 Å². The van der Waals surface area contributed by atoms with E-state index in [1.54, 1.807) is 7.11 Å². The number of anilines is 1. The Kier molecular flexibility index (Phi) is 11.1. The second-order valence-corrected chi connectivity index (χ2v) is 8.09. The standard InChI is InChI=1S/C25H37N5O.HI/c1-5-26-25(27-17-20-10-9-11-21(16-20)18-29(3)6-2)28-22-14-15-30(19-22)23-12-7-8-13-24(23)31-4;/h7-13,16,22H,5-6,14-15,17-19H2,1-4H3,(H2,26,27,28);1H. The van der Waals surface area contributed by atoms with Gasteiger partial charge in [-0.2, -0.15) is 0 Å². The van der Waals surface area contributed by atoms with E-state index in [1.807, 2.05) is 12.1 Å². The molecule has 32 heavy (non-hydrogen) atoms. The minimum Gasteiger partial charge on any atom is -0.495 e. The quantitative estimate of drug-likeness (QED) is 0.279. The molecule has 6 nitrogen and oxygen atoms in total. The number of guanidine groups is 1. The maximum atomic E-state index is 5.54.